The second kappa shape index (κ2) is 6.08. The monoisotopic (exact) mass is 306 g/mol. The summed E-state index contributed by atoms with van der Waals surface area (Å²) >= 11 is 0. The van der Waals surface area contributed by atoms with Gasteiger partial charge in [0.1, 0.15) is 5.60 Å². The molecule has 0 bridgehead atoms. The van der Waals surface area contributed by atoms with Crippen LogP contribution in [0.25, 0.3) is 0 Å². The molecule has 0 aliphatic heterocycles. The first-order valence-corrected chi connectivity index (χ1v) is 6.93. The Balaban J connectivity index is 5.00. The van der Waals surface area contributed by atoms with Crippen molar-refractivity contribution in [2.75, 3.05) is 0 Å². The summed E-state index contributed by atoms with van der Waals surface area (Å²) in [6, 6.07) is 0. The van der Waals surface area contributed by atoms with E-state index in [1.807, 2.05) is 0 Å². The van der Waals surface area contributed by atoms with Crippen molar-refractivity contribution in [2.24, 2.45) is 0 Å². The van der Waals surface area contributed by atoms with Gasteiger partial charge in [-0.3, -0.25) is 0 Å². The van der Waals surface area contributed by atoms with Crippen molar-refractivity contribution < 1.29 is 35.3 Å². The zero-order valence-corrected chi connectivity index (χ0v) is 11.9. The van der Waals surface area contributed by atoms with Gasteiger partial charge >= 0.3 is 21.6 Å². The predicted octanol–water partition coefficient (Wildman–Crippen LogP) is 2.36. The Morgan fingerprint density at radius 3 is 2.00 bits per heavy atom. The summed E-state index contributed by atoms with van der Waals surface area (Å²) in [5.74, 6) is -1.14. The Bertz CT molecular complexity index is 408. The molecule has 0 fully saturated rings. The van der Waals surface area contributed by atoms with E-state index in [-0.39, 0.29) is 12.8 Å². The number of hydrogen-bond acceptors (Lipinski definition) is 5. The van der Waals surface area contributed by atoms with Gasteiger partial charge in [-0.1, -0.05) is 13.3 Å². The molecule has 19 heavy (non-hydrogen) atoms. The molecule has 0 rings (SSSR count). The van der Waals surface area contributed by atoms with Crippen LogP contribution in [0.15, 0.2) is 0 Å². The second-order valence-corrected chi connectivity index (χ2v) is 6.37. The van der Waals surface area contributed by atoms with Crippen LogP contribution in [-0.2, 0) is 23.8 Å². The first kappa shape index (κ1) is 18.2. The van der Waals surface area contributed by atoms with Crippen LogP contribution in [0.2, 0.25) is 0 Å². The zero-order chi connectivity index (χ0) is 15.5. The van der Waals surface area contributed by atoms with Gasteiger partial charge in [0.15, 0.2) is 6.10 Å². The minimum Gasteiger partial charge on any atom is -0.458 e. The average molecular weight is 306 g/mol. The highest BCUT2D eigenvalue weighted by molar-refractivity contribution is 7.87. The van der Waals surface area contributed by atoms with Gasteiger partial charge in [-0.2, -0.15) is 21.6 Å². The molecule has 1 atom stereocenters. The van der Waals surface area contributed by atoms with E-state index in [1.54, 1.807) is 6.92 Å². The quantitative estimate of drug-likeness (QED) is 0.443. The third kappa shape index (κ3) is 6.24. The SMILES string of the molecule is CCCC(OS(=O)(=O)C(F)(F)F)C(=O)OC(C)(C)C. The van der Waals surface area contributed by atoms with E-state index in [2.05, 4.69) is 4.18 Å². The van der Waals surface area contributed by atoms with E-state index in [1.165, 1.54) is 20.8 Å². The summed E-state index contributed by atoms with van der Waals surface area (Å²) in [5.41, 5.74) is -6.52. The number of hydrogen-bond donors (Lipinski definition) is 0. The van der Waals surface area contributed by atoms with Crippen LogP contribution in [0.3, 0.4) is 0 Å². The maximum atomic E-state index is 12.2. The van der Waals surface area contributed by atoms with Crippen LogP contribution in [0.4, 0.5) is 13.2 Å². The smallest absolute Gasteiger partial charge is 0.458 e. The van der Waals surface area contributed by atoms with Gasteiger partial charge in [-0.25, -0.2) is 8.98 Å². The van der Waals surface area contributed by atoms with Gasteiger partial charge in [0, 0.05) is 0 Å². The molecule has 0 aromatic rings. The molecule has 0 spiro atoms. The lowest BCUT2D eigenvalue weighted by Crippen LogP contribution is -2.38. The lowest BCUT2D eigenvalue weighted by molar-refractivity contribution is -0.164. The maximum Gasteiger partial charge on any atom is 0.523 e. The third-order valence-corrected chi connectivity index (χ3v) is 2.80. The van der Waals surface area contributed by atoms with E-state index in [0.29, 0.717) is 0 Å². The first-order chi connectivity index (χ1) is 8.30. The van der Waals surface area contributed by atoms with Crippen LogP contribution < -0.4 is 0 Å². The van der Waals surface area contributed by atoms with Gasteiger partial charge < -0.3 is 4.74 Å². The van der Waals surface area contributed by atoms with Gasteiger partial charge in [0.25, 0.3) is 0 Å². The summed E-state index contributed by atoms with van der Waals surface area (Å²) in [5, 5.41) is 0. The Hall–Kier alpha value is -0.830. The normalized spacial score (nSPS) is 15.1. The largest absolute Gasteiger partial charge is 0.523 e. The lowest BCUT2D eigenvalue weighted by Gasteiger charge is -2.23. The Morgan fingerprint density at radius 2 is 1.68 bits per heavy atom. The van der Waals surface area contributed by atoms with Crippen LogP contribution in [-0.4, -0.2) is 31.6 Å². The summed E-state index contributed by atoms with van der Waals surface area (Å²) in [7, 11) is -5.82. The molecule has 114 valence electrons. The van der Waals surface area contributed by atoms with Crippen LogP contribution in [0.1, 0.15) is 40.5 Å². The van der Waals surface area contributed by atoms with Crippen molar-refractivity contribution in [3.63, 3.8) is 0 Å². The standard InChI is InChI=1S/C10H17F3O5S/c1-5-6-7(8(14)17-9(2,3)4)18-19(15,16)10(11,12)13/h7H,5-6H2,1-4H3. The molecule has 0 aromatic carbocycles. The fourth-order valence-corrected chi connectivity index (χ4v) is 1.63. The molecule has 0 aromatic heterocycles. The molecular weight excluding hydrogens is 289 g/mol. The summed E-state index contributed by atoms with van der Waals surface area (Å²) in [4.78, 5) is 11.6. The molecule has 0 amide bonds. The van der Waals surface area contributed by atoms with E-state index in [0.717, 1.165) is 0 Å². The topological polar surface area (TPSA) is 69.7 Å². The molecule has 1 unspecified atom stereocenters. The highest BCUT2D eigenvalue weighted by atomic mass is 32.2. The van der Waals surface area contributed by atoms with Gasteiger partial charge in [0.05, 0.1) is 0 Å². The number of alkyl halides is 3. The number of rotatable bonds is 5. The van der Waals surface area contributed by atoms with Crippen molar-refractivity contribution in [3.05, 3.63) is 0 Å². The Labute approximate surface area is 110 Å². The first-order valence-electron chi connectivity index (χ1n) is 5.52. The van der Waals surface area contributed by atoms with E-state index < -0.39 is 33.3 Å². The van der Waals surface area contributed by atoms with Crippen molar-refractivity contribution in [1.82, 2.24) is 0 Å². The van der Waals surface area contributed by atoms with Crippen molar-refractivity contribution in [1.29, 1.82) is 0 Å². The van der Waals surface area contributed by atoms with Crippen LogP contribution in [0.5, 0.6) is 0 Å². The number of carbonyl (C=O) groups excluding carboxylic acids is 1. The summed E-state index contributed by atoms with van der Waals surface area (Å²) < 4.78 is 67.0. The van der Waals surface area contributed by atoms with Gasteiger partial charge in [-0.05, 0) is 27.2 Å². The average Bonchev–Trinajstić information content (AvgIpc) is 2.12. The molecule has 0 aliphatic carbocycles. The molecule has 0 radical (unpaired) electrons. The zero-order valence-electron chi connectivity index (χ0n) is 11.1. The third-order valence-electron chi connectivity index (χ3n) is 1.75. The molecular formula is C10H17F3O5S. The predicted molar refractivity (Wildman–Crippen MR) is 60.6 cm³/mol. The molecule has 9 heteroatoms. The van der Waals surface area contributed by atoms with Crippen molar-refractivity contribution in [2.45, 2.75) is 57.7 Å². The molecule has 0 saturated carbocycles. The number of ether oxygens (including phenoxy) is 1. The summed E-state index contributed by atoms with van der Waals surface area (Å²) in [6.07, 6.45) is -1.72. The fraction of sp³-hybridized carbons (Fsp3) is 0.900. The highest BCUT2D eigenvalue weighted by Crippen LogP contribution is 2.27. The molecule has 5 nitrogen and oxygen atoms in total. The number of halogens is 3. The molecule has 0 heterocycles. The minimum absolute atomic E-state index is 0.190. The highest BCUT2D eigenvalue weighted by Gasteiger charge is 2.49. The minimum atomic E-state index is -5.82. The lowest BCUT2D eigenvalue weighted by atomic mass is 10.1. The van der Waals surface area contributed by atoms with Crippen molar-refractivity contribution in [3.8, 4) is 0 Å². The van der Waals surface area contributed by atoms with Crippen LogP contribution >= 0.6 is 0 Å². The van der Waals surface area contributed by atoms with Crippen LogP contribution in [0, 0.1) is 0 Å². The van der Waals surface area contributed by atoms with Gasteiger partial charge in [-0.15, -0.1) is 0 Å². The molecule has 0 saturated heterocycles. The van der Waals surface area contributed by atoms with Gasteiger partial charge in [0.2, 0.25) is 0 Å². The van der Waals surface area contributed by atoms with E-state index in [4.69, 9.17) is 4.74 Å². The second-order valence-electron chi connectivity index (χ2n) is 4.81. The van der Waals surface area contributed by atoms with Crippen molar-refractivity contribution >= 4 is 16.1 Å². The Kier molecular flexibility index (Phi) is 5.82. The molecule has 0 N–H and O–H groups in total. The number of esters is 1. The maximum absolute atomic E-state index is 12.2. The summed E-state index contributed by atoms with van der Waals surface area (Å²) in [6.45, 7) is 6.09. The fourth-order valence-electron chi connectivity index (χ4n) is 1.04. The molecule has 0 aliphatic rings. The number of carbonyl (C=O) groups is 1. The van der Waals surface area contributed by atoms with E-state index in [9.17, 15) is 26.4 Å². The van der Waals surface area contributed by atoms with E-state index >= 15 is 0 Å². The Morgan fingerprint density at radius 1 is 1.21 bits per heavy atom.